The molecule has 0 unspecified atom stereocenters. The zero-order valence-electron chi connectivity index (χ0n) is 8.52. The summed E-state index contributed by atoms with van der Waals surface area (Å²) in [6, 6.07) is 11.0. The van der Waals surface area contributed by atoms with Gasteiger partial charge in [-0.05, 0) is 34.1 Å². The first-order valence-corrected chi connectivity index (χ1v) is 5.68. The van der Waals surface area contributed by atoms with E-state index in [-0.39, 0.29) is 0 Å². The number of nitrogens with one attached hydrogen (secondary N) is 1. The molecule has 2 N–H and O–H groups in total. The lowest BCUT2D eigenvalue weighted by atomic mass is 10.2. The van der Waals surface area contributed by atoms with E-state index in [1.54, 1.807) is 18.3 Å². The topological polar surface area (TPSA) is 45.1 Å². The van der Waals surface area contributed by atoms with Crippen molar-refractivity contribution in [3.05, 3.63) is 52.8 Å². The van der Waals surface area contributed by atoms with Gasteiger partial charge in [-0.3, -0.25) is 0 Å². The van der Waals surface area contributed by atoms with E-state index in [4.69, 9.17) is 0 Å². The maximum absolute atomic E-state index is 9.59. The van der Waals surface area contributed by atoms with Gasteiger partial charge in [-0.15, -0.1) is 0 Å². The molecule has 0 radical (unpaired) electrons. The molecule has 2 aromatic rings. The molecule has 1 aromatic heterocycles. The van der Waals surface area contributed by atoms with E-state index in [1.165, 1.54) is 0 Å². The van der Waals surface area contributed by atoms with Crippen LogP contribution in [-0.4, -0.2) is 10.1 Å². The molecular weight excluding hydrogens is 268 g/mol. The molecule has 16 heavy (non-hydrogen) atoms. The van der Waals surface area contributed by atoms with Gasteiger partial charge in [0.15, 0.2) is 0 Å². The van der Waals surface area contributed by atoms with E-state index in [0.717, 1.165) is 15.9 Å². The van der Waals surface area contributed by atoms with Gasteiger partial charge in [0, 0.05) is 18.3 Å². The van der Waals surface area contributed by atoms with Crippen LogP contribution in [0.15, 0.2) is 47.2 Å². The lowest BCUT2D eigenvalue weighted by molar-refractivity contribution is 0.469. The van der Waals surface area contributed by atoms with Gasteiger partial charge in [0.2, 0.25) is 0 Å². The lowest BCUT2D eigenvalue weighted by Gasteiger charge is -2.08. The Morgan fingerprint density at radius 3 is 2.75 bits per heavy atom. The summed E-state index contributed by atoms with van der Waals surface area (Å²) in [5, 5.41) is 12.8. The Bertz CT molecular complexity index is 442. The van der Waals surface area contributed by atoms with Gasteiger partial charge in [-0.1, -0.05) is 18.2 Å². The van der Waals surface area contributed by atoms with Crippen LogP contribution in [0.2, 0.25) is 0 Å². The molecule has 0 fully saturated rings. The smallest absolute Gasteiger partial charge is 0.129 e. The van der Waals surface area contributed by atoms with Gasteiger partial charge in [0.1, 0.15) is 10.4 Å². The van der Waals surface area contributed by atoms with E-state index in [0.29, 0.717) is 12.3 Å². The van der Waals surface area contributed by atoms with Crippen molar-refractivity contribution in [3.63, 3.8) is 0 Å². The first-order chi connectivity index (χ1) is 7.77. The Morgan fingerprint density at radius 1 is 1.19 bits per heavy atom. The van der Waals surface area contributed by atoms with Crippen molar-refractivity contribution in [1.82, 2.24) is 4.98 Å². The molecule has 1 aromatic carbocycles. The number of phenols is 1. The maximum Gasteiger partial charge on any atom is 0.129 e. The second-order valence-corrected chi connectivity index (χ2v) is 4.08. The van der Waals surface area contributed by atoms with Crippen LogP contribution in [0.25, 0.3) is 0 Å². The van der Waals surface area contributed by atoms with Crippen LogP contribution in [0.3, 0.4) is 0 Å². The quantitative estimate of drug-likeness (QED) is 0.848. The predicted octanol–water partition coefficient (Wildman–Crippen LogP) is 3.16. The highest BCUT2D eigenvalue weighted by atomic mass is 79.9. The molecule has 0 aliphatic heterocycles. The Hall–Kier alpha value is -1.55. The number of rotatable bonds is 3. The first-order valence-electron chi connectivity index (χ1n) is 4.88. The Kier molecular flexibility index (Phi) is 3.41. The van der Waals surface area contributed by atoms with E-state index in [1.807, 2.05) is 24.3 Å². The van der Waals surface area contributed by atoms with Gasteiger partial charge < -0.3 is 10.4 Å². The molecule has 4 heteroatoms. The summed E-state index contributed by atoms with van der Waals surface area (Å²) in [5.41, 5.74) is 1.77. The van der Waals surface area contributed by atoms with Crippen molar-refractivity contribution in [2.45, 2.75) is 6.54 Å². The highest BCUT2D eigenvalue weighted by Crippen LogP contribution is 2.21. The minimum Gasteiger partial charge on any atom is -0.508 e. The van der Waals surface area contributed by atoms with Gasteiger partial charge in [-0.25, -0.2) is 4.98 Å². The summed E-state index contributed by atoms with van der Waals surface area (Å²) in [4.78, 5) is 4.11. The van der Waals surface area contributed by atoms with Crippen molar-refractivity contribution in [1.29, 1.82) is 0 Å². The van der Waals surface area contributed by atoms with Crippen LogP contribution in [-0.2, 0) is 6.54 Å². The van der Waals surface area contributed by atoms with E-state index >= 15 is 0 Å². The average molecular weight is 279 g/mol. The number of aromatic nitrogens is 1. The summed E-state index contributed by atoms with van der Waals surface area (Å²) in [7, 11) is 0. The monoisotopic (exact) mass is 278 g/mol. The average Bonchev–Trinajstić information content (AvgIpc) is 2.30. The molecule has 0 saturated heterocycles. The SMILES string of the molecule is Oc1ccccc1CNc1cccnc1Br. The molecule has 2 rings (SSSR count). The molecule has 82 valence electrons. The highest BCUT2D eigenvalue weighted by Gasteiger charge is 2.01. The zero-order chi connectivity index (χ0) is 11.4. The molecule has 0 atom stereocenters. The summed E-state index contributed by atoms with van der Waals surface area (Å²) in [6.07, 6.45) is 1.72. The second kappa shape index (κ2) is 4.99. The van der Waals surface area contributed by atoms with Crippen molar-refractivity contribution in [2.75, 3.05) is 5.32 Å². The molecule has 0 saturated carbocycles. The predicted molar refractivity (Wildman–Crippen MR) is 67.4 cm³/mol. The van der Waals surface area contributed by atoms with E-state index in [9.17, 15) is 5.11 Å². The molecule has 0 spiro atoms. The number of benzene rings is 1. The first kappa shape index (κ1) is 11.0. The number of halogens is 1. The zero-order valence-corrected chi connectivity index (χ0v) is 10.1. The molecule has 0 bridgehead atoms. The second-order valence-electron chi connectivity index (χ2n) is 3.32. The summed E-state index contributed by atoms with van der Waals surface area (Å²) < 4.78 is 0.769. The normalized spacial score (nSPS) is 10.1. The fraction of sp³-hybridized carbons (Fsp3) is 0.0833. The molecular formula is C12H11BrN2O. The number of phenolic OH excluding ortho intramolecular Hbond substituents is 1. The third-order valence-electron chi connectivity index (χ3n) is 2.22. The van der Waals surface area contributed by atoms with Crippen molar-refractivity contribution in [2.24, 2.45) is 0 Å². The lowest BCUT2D eigenvalue weighted by Crippen LogP contribution is -2.00. The number of aromatic hydroxyl groups is 1. The Morgan fingerprint density at radius 2 is 2.00 bits per heavy atom. The third kappa shape index (κ3) is 2.52. The van der Waals surface area contributed by atoms with Crippen molar-refractivity contribution >= 4 is 21.6 Å². The fourth-order valence-corrected chi connectivity index (χ4v) is 1.76. The van der Waals surface area contributed by atoms with Crippen LogP contribution in [0.1, 0.15) is 5.56 Å². The van der Waals surface area contributed by atoms with Crippen LogP contribution in [0.5, 0.6) is 5.75 Å². The van der Waals surface area contributed by atoms with Gasteiger partial charge in [-0.2, -0.15) is 0 Å². The standard InChI is InChI=1S/C12H11BrN2O/c13-12-10(5-3-7-14-12)15-8-9-4-1-2-6-11(9)16/h1-7,15-16H,8H2. The Labute approximate surface area is 102 Å². The largest absolute Gasteiger partial charge is 0.508 e. The van der Waals surface area contributed by atoms with E-state index in [2.05, 4.69) is 26.2 Å². The van der Waals surface area contributed by atoms with Gasteiger partial charge >= 0.3 is 0 Å². The van der Waals surface area contributed by atoms with Crippen molar-refractivity contribution in [3.8, 4) is 5.75 Å². The van der Waals surface area contributed by atoms with Crippen LogP contribution < -0.4 is 5.32 Å². The summed E-state index contributed by atoms with van der Waals surface area (Å²) in [6.45, 7) is 0.566. The van der Waals surface area contributed by atoms with Crippen LogP contribution in [0, 0.1) is 0 Å². The summed E-state index contributed by atoms with van der Waals surface area (Å²) in [5.74, 6) is 0.301. The highest BCUT2D eigenvalue weighted by molar-refractivity contribution is 9.10. The molecule has 0 amide bonds. The Balaban J connectivity index is 2.09. The molecule has 0 aliphatic carbocycles. The number of anilines is 1. The minimum atomic E-state index is 0.301. The fourth-order valence-electron chi connectivity index (χ4n) is 1.37. The number of nitrogens with zero attached hydrogens (tertiary/aromatic N) is 1. The third-order valence-corrected chi connectivity index (χ3v) is 2.85. The van der Waals surface area contributed by atoms with Crippen LogP contribution in [0.4, 0.5) is 5.69 Å². The number of hydrogen-bond donors (Lipinski definition) is 2. The molecule has 1 heterocycles. The maximum atomic E-state index is 9.59. The van der Waals surface area contributed by atoms with E-state index < -0.39 is 0 Å². The number of para-hydroxylation sites is 1. The number of hydrogen-bond acceptors (Lipinski definition) is 3. The summed E-state index contributed by atoms with van der Waals surface area (Å²) >= 11 is 3.35. The van der Waals surface area contributed by atoms with Crippen molar-refractivity contribution < 1.29 is 5.11 Å². The molecule has 3 nitrogen and oxygen atoms in total. The van der Waals surface area contributed by atoms with Gasteiger partial charge in [0.05, 0.1) is 5.69 Å². The van der Waals surface area contributed by atoms with Crippen LogP contribution >= 0.6 is 15.9 Å². The number of pyridine rings is 1. The van der Waals surface area contributed by atoms with Gasteiger partial charge in [0.25, 0.3) is 0 Å². The molecule has 0 aliphatic rings. The minimum absolute atomic E-state index is 0.301.